The summed E-state index contributed by atoms with van der Waals surface area (Å²) < 4.78 is 74.9. The van der Waals surface area contributed by atoms with Gasteiger partial charge in [-0.15, -0.1) is 5.46 Å². The fourth-order valence-electron chi connectivity index (χ4n) is 5.45. The fourth-order valence-corrected chi connectivity index (χ4v) is 5.45. The van der Waals surface area contributed by atoms with Crippen LogP contribution in [0, 0.1) is 29.1 Å². The summed E-state index contributed by atoms with van der Waals surface area (Å²) in [5, 5.41) is 0. The van der Waals surface area contributed by atoms with E-state index in [0.717, 1.165) is 0 Å². The van der Waals surface area contributed by atoms with Crippen LogP contribution in [0.2, 0.25) is 0 Å². The second-order valence-corrected chi connectivity index (χ2v) is 9.21. The molecule has 0 saturated heterocycles. The van der Waals surface area contributed by atoms with Gasteiger partial charge in [-0.3, -0.25) is 0 Å². The summed E-state index contributed by atoms with van der Waals surface area (Å²) in [6.45, 7) is 0. The average molecular weight is 494 g/mol. The number of amides is 2. The van der Waals surface area contributed by atoms with E-state index in [1.165, 1.54) is 16.9 Å². The fraction of sp³-hybridized carbons (Fsp3) is 0.0741. The number of benzene rings is 4. The summed E-state index contributed by atoms with van der Waals surface area (Å²) in [6.07, 6.45) is -3.24. The van der Waals surface area contributed by atoms with E-state index in [1.54, 1.807) is 86.9 Å². The molecule has 0 aliphatic carbocycles. The van der Waals surface area contributed by atoms with Gasteiger partial charge >= 0.3 is 6.03 Å². The molecule has 5 rings (SSSR count). The quantitative estimate of drug-likeness (QED) is 0.135. The molecular formula is C27H20BF5N2O. The molecule has 36 heavy (non-hydrogen) atoms. The van der Waals surface area contributed by atoms with Crippen molar-refractivity contribution < 1.29 is 26.7 Å². The highest BCUT2D eigenvalue weighted by Gasteiger charge is 2.55. The Hall–Kier alpha value is -3.98. The first-order valence-electron chi connectivity index (χ1n) is 11.2. The molecule has 0 N–H and O–H groups in total. The number of anilines is 1. The summed E-state index contributed by atoms with van der Waals surface area (Å²) in [5.41, 5.74) is 0.0332. The Kier molecular flexibility index (Phi) is 5.48. The molecule has 0 spiro atoms. The first kappa shape index (κ1) is 23.8. The van der Waals surface area contributed by atoms with Crippen LogP contribution in [-0.4, -0.2) is 26.4 Å². The van der Waals surface area contributed by atoms with E-state index >= 15 is 8.78 Å². The second kappa shape index (κ2) is 8.31. The van der Waals surface area contributed by atoms with Gasteiger partial charge in [-0.05, 0) is 18.2 Å². The lowest BCUT2D eigenvalue weighted by Gasteiger charge is -2.57. The lowest BCUT2D eigenvalue weighted by molar-refractivity contribution is 0.226. The third kappa shape index (κ3) is 3.05. The van der Waals surface area contributed by atoms with E-state index in [0.29, 0.717) is 5.69 Å². The van der Waals surface area contributed by atoms with Crippen LogP contribution in [0.5, 0.6) is 0 Å². The minimum absolute atomic E-state index is 0.213. The van der Waals surface area contributed by atoms with Gasteiger partial charge < -0.3 is 4.81 Å². The smallest absolute Gasteiger partial charge is 0.389 e. The molecule has 2 amide bonds. The van der Waals surface area contributed by atoms with Crippen molar-refractivity contribution in [3.63, 3.8) is 0 Å². The number of hydrogen-bond donors (Lipinski definition) is 0. The number of carbonyl (C=O) groups excluding carboxylic acids is 1. The molecule has 0 saturated carbocycles. The molecular weight excluding hydrogens is 474 g/mol. The van der Waals surface area contributed by atoms with Gasteiger partial charge in [0.2, 0.25) is 0 Å². The predicted molar refractivity (Wildman–Crippen MR) is 132 cm³/mol. The molecule has 0 radical (unpaired) electrons. The molecule has 0 unspecified atom stereocenters. The van der Waals surface area contributed by atoms with E-state index in [1.807, 2.05) is 0 Å². The highest BCUT2D eigenvalue weighted by Crippen LogP contribution is 2.36. The number of para-hydroxylation sites is 2. The molecule has 0 fully saturated rings. The Labute approximate surface area is 204 Å². The number of fused-ring (bicyclic) bond motifs is 1. The molecule has 1 atom stereocenters. The Morgan fingerprint density at radius 1 is 0.639 bits per heavy atom. The van der Waals surface area contributed by atoms with Crippen molar-refractivity contribution in [2.24, 2.45) is 0 Å². The van der Waals surface area contributed by atoms with Crippen molar-refractivity contribution in [2.45, 2.75) is 0 Å². The van der Waals surface area contributed by atoms with Gasteiger partial charge in [-0.2, -0.15) is 5.46 Å². The van der Waals surface area contributed by atoms with Crippen molar-refractivity contribution in [1.82, 2.24) is 4.48 Å². The van der Waals surface area contributed by atoms with Crippen LogP contribution in [0.25, 0.3) is 0 Å². The average Bonchev–Trinajstić information content (AvgIpc) is 2.90. The molecule has 0 aromatic heterocycles. The Morgan fingerprint density at radius 2 is 1.11 bits per heavy atom. The van der Waals surface area contributed by atoms with Gasteiger partial charge in [0.25, 0.3) is 0 Å². The van der Waals surface area contributed by atoms with Crippen LogP contribution in [0.3, 0.4) is 0 Å². The topological polar surface area (TPSA) is 20.3 Å². The van der Waals surface area contributed by atoms with E-state index in [9.17, 15) is 18.0 Å². The molecule has 0 bridgehead atoms. The Morgan fingerprint density at radius 3 is 1.69 bits per heavy atom. The van der Waals surface area contributed by atoms with Crippen molar-refractivity contribution in [2.75, 3.05) is 18.9 Å². The van der Waals surface area contributed by atoms with Crippen molar-refractivity contribution >= 4 is 40.1 Å². The molecule has 4 aromatic carbocycles. The summed E-state index contributed by atoms with van der Waals surface area (Å²) in [6, 6.07) is 21.9. The number of rotatable bonds is 3. The Bertz CT molecular complexity index is 1470. The van der Waals surface area contributed by atoms with Crippen molar-refractivity contribution in [3.05, 3.63) is 114 Å². The highest BCUT2D eigenvalue weighted by atomic mass is 19.2. The van der Waals surface area contributed by atoms with Gasteiger partial charge in [-0.25, -0.2) is 31.2 Å². The van der Waals surface area contributed by atoms with Gasteiger partial charge in [0.1, 0.15) is 17.3 Å². The van der Waals surface area contributed by atoms with Crippen LogP contribution in [0.1, 0.15) is 0 Å². The Balaban J connectivity index is 2.09. The van der Waals surface area contributed by atoms with Gasteiger partial charge in [0, 0.05) is 5.69 Å². The summed E-state index contributed by atoms with van der Waals surface area (Å²) in [7, 11) is 3.22. The lowest BCUT2D eigenvalue weighted by Crippen LogP contribution is -2.86. The molecule has 9 heteroatoms. The number of halogens is 5. The summed E-state index contributed by atoms with van der Waals surface area (Å²) >= 11 is 0. The molecule has 3 nitrogen and oxygen atoms in total. The summed E-state index contributed by atoms with van der Waals surface area (Å²) in [5.74, 6) is -10.4. The zero-order valence-corrected chi connectivity index (χ0v) is 19.4. The third-order valence-corrected chi connectivity index (χ3v) is 7.04. The first-order valence-corrected chi connectivity index (χ1v) is 11.2. The number of urea groups is 1. The standard InChI is InChI=1S/C27H20BF5N2O/c1-35(2)20-16-10-9-15-19(20)28(17-11-5-3-6-12-17,34(27(35)36)18-13-7-4-8-14-18)21-22(29)24(31)26(33)25(32)23(21)30/h3-16H,1-2H3/t28-/m1/s1. The number of carbonyl (C=O) groups is 1. The van der Waals surface area contributed by atoms with Crippen LogP contribution in [0.15, 0.2) is 84.9 Å². The molecule has 4 aromatic rings. The van der Waals surface area contributed by atoms with Gasteiger partial charge in [-0.1, -0.05) is 72.2 Å². The minimum Gasteiger partial charge on any atom is -0.425 e. The number of hydrogen-bond acceptors (Lipinski definition) is 1. The van der Waals surface area contributed by atoms with Gasteiger partial charge in [0.05, 0.1) is 14.1 Å². The molecule has 1 aliphatic rings. The minimum atomic E-state index is -3.24. The maximum atomic E-state index is 15.8. The van der Waals surface area contributed by atoms with E-state index < -0.39 is 46.9 Å². The number of quaternary nitrogens is 1. The maximum absolute atomic E-state index is 15.8. The largest absolute Gasteiger partial charge is 0.425 e. The normalized spacial score (nSPS) is 18.8. The first-order chi connectivity index (χ1) is 17.1. The second-order valence-electron chi connectivity index (χ2n) is 9.21. The zero-order valence-electron chi connectivity index (χ0n) is 19.4. The van der Waals surface area contributed by atoms with Crippen LogP contribution in [-0.2, 0) is 0 Å². The van der Waals surface area contributed by atoms with E-state index in [-0.39, 0.29) is 21.1 Å². The van der Waals surface area contributed by atoms with E-state index in [4.69, 9.17) is 0 Å². The van der Waals surface area contributed by atoms with Crippen molar-refractivity contribution in [3.8, 4) is 0 Å². The monoisotopic (exact) mass is 494 g/mol. The SMILES string of the molecule is C[N+]1(C)C(=O)N(c2ccccc2)[B@@-](c2ccccc2)(c2c(F)c(F)c(F)c(F)c2F)c2ccccc21. The van der Waals surface area contributed by atoms with Gasteiger partial charge in [0.15, 0.2) is 23.7 Å². The molecule has 1 heterocycles. The third-order valence-electron chi connectivity index (χ3n) is 7.04. The lowest BCUT2D eigenvalue weighted by atomic mass is 9.22. The maximum Gasteiger partial charge on any atom is 0.389 e. The predicted octanol–water partition coefficient (Wildman–Crippen LogP) is 4.56. The van der Waals surface area contributed by atoms with Crippen LogP contribution < -0.4 is 25.7 Å². The molecule has 1 aliphatic heterocycles. The zero-order chi connectivity index (χ0) is 25.8. The summed E-state index contributed by atoms with van der Waals surface area (Å²) in [4.78, 5) is 15.4. The van der Waals surface area contributed by atoms with Crippen LogP contribution >= 0.6 is 0 Å². The van der Waals surface area contributed by atoms with Crippen molar-refractivity contribution in [1.29, 1.82) is 0 Å². The van der Waals surface area contributed by atoms with E-state index in [2.05, 4.69) is 0 Å². The number of nitrogens with zero attached hydrogens (tertiary/aromatic N) is 2. The van der Waals surface area contributed by atoms with Crippen LogP contribution in [0.4, 0.5) is 38.1 Å². The molecule has 182 valence electrons. The highest BCUT2D eigenvalue weighted by molar-refractivity contribution is 7.16.